The fraction of sp³-hybridized carbons (Fsp3) is 0.333. The van der Waals surface area contributed by atoms with E-state index in [0.29, 0.717) is 18.0 Å². The number of amides is 1. The molecule has 1 N–H and O–H groups in total. The van der Waals surface area contributed by atoms with Gasteiger partial charge in [0.1, 0.15) is 17.7 Å². The lowest BCUT2D eigenvalue weighted by atomic mass is 10.1. The number of halogens is 2. The van der Waals surface area contributed by atoms with Crippen molar-refractivity contribution < 1.29 is 9.63 Å². The number of hydrogen-bond donors (Lipinski definition) is 1. The van der Waals surface area contributed by atoms with Gasteiger partial charge in [0.25, 0.3) is 5.91 Å². The Labute approximate surface area is 174 Å². The molecule has 1 aliphatic rings. The molecule has 7 nitrogen and oxygen atoms in total. The van der Waals surface area contributed by atoms with E-state index in [0.717, 1.165) is 32.2 Å². The van der Waals surface area contributed by atoms with Gasteiger partial charge >= 0.3 is 0 Å². The van der Waals surface area contributed by atoms with Crippen molar-refractivity contribution in [3.05, 3.63) is 44.9 Å². The molecule has 3 rings (SSSR count). The monoisotopic (exact) mass is 495 g/mol. The molecule has 9 heteroatoms. The summed E-state index contributed by atoms with van der Waals surface area (Å²) in [5.41, 5.74) is 3.96. The lowest BCUT2D eigenvalue weighted by Gasteiger charge is -2.13. The fourth-order valence-corrected chi connectivity index (χ4v) is 4.09. The first-order valence-corrected chi connectivity index (χ1v) is 9.93. The van der Waals surface area contributed by atoms with Crippen LogP contribution in [0, 0.1) is 0 Å². The van der Waals surface area contributed by atoms with Crippen LogP contribution in [0.2, 0.25) is 0 Å². The van der Waals surface area contributed by atoms with Crippen LogP contribution >= 0.6 is 31.9 Å². The van der Waals surface area contributed by atoms with Gasteiger partial charge in [-0.3, -0.25) is 4.79 Å². The molecule has 1 aliphatic carbocycles. The quantitative estimate of drug-likeness (QED) is 0.531. The van der Waals surface area contributed by atoms with Crippen LogP contribution < -0.4 is 5.32 Å². The van der Waals surface area contributed by atoms with Crippen LogP contribution in [0.15, 0.2) is 38.8 Å². The van der Waals surface area contributed by atoms with Gasteiger partial charge in [0.15, 0.2) is 0 Å². The van der Waals surface area contributed by atoms with E-state index in [9.17, 15) is 4.79 Å². The highest BCUT2D eigenvalue weighted by Gasteiger charge is 2.30. The van der Waals surface area contributed by atoms with Crippen LogP contribution in [-0.4, -0.2) is 59.8 Å². The smallest absolute Gasteiger partial charge is 0.263 e. The van der Waals surface area contributed by atoms with Gasteiger partial charge in [-0.1, -0.05) is 37.0 Å². The molecule has 0 saturated heterocycles. The van der Waals surface area contributed by atoms with Gasteiger partial charge in [-0.15, -0.1) is 0 Å². The zero-order valence-electron chi connectivity index (χ0n) is 15.2. The van der Waals surface area contributed by atoms with Crippen LogP contribution in [0.3, 0.4) is 0 Å². The maximum atomic E-state index is 12.2. The number of nitrogens with one attached hydrogen (secondary N) is 1. The van der Waals surface area contributed by atoms with Crippen molar-refractivity contribution >= 4 is 43.5 Å². The van der Waals surface area contributed by atoms with Crippen LogP contribution in [0.5, 0.6) is 0 Å². The average molecular weight is 497 g/mol. The Hall–Kier alpha value is -1.84. The highest BCUT2D eigenvalue weighted by molar-refractivity contribution is 9.11. The Morgan fingerprint density at radius 2 is 2.11 bits per heavy atom. The van der Waals surface area contributed by atoms with Crippen molar-refractivity contribution in [1.82, 2.24) is 20.2 Å². The third-order valence-electron chi connectivity index (χ3n) is 4.05. The molecule has 1 unspecified atom stereocenters. The second-order valence-electron chi connectivity index (χ2n) is 6.38. The Bertz CT molecular complexity index is 901. The number of carbonyl (C=O) groups is 1. The molecule has 27 heavy (non-hydrogen) atoms. The van der Waals surface area contributed by atoms with Crippen LogP contribution in [0.4, 0.5) is 0 Å². The van der Waals surface area contributed by atoms with Gasteiger partial charge in [0.2, 0.25) is 6.10 Å². The van der Waals surface area contributed by atoms with E-state index in [2.05, 4.69) is 52.3 Å². The first-order chi connectivity index (χ1) is 12.9. The minimum absolute atomic E-state index is 0.211. The summed E-state index contributed by atoms with van der Waals surface area (Å²) in [5, 5.41) is 7.10. The molecule has 1 atom stereocenters. The summed E-state index contributed by atoms with van der Waals surface area (Å²) in [6.45, 7) is 2.98. The lowest BCUT2D eigenvalue weighted by Crippen LogP contribution is -2.37. The van der Waals surface area contributed by atoms with Gasteiger partial charge in [0.05, 0.1) is 0 Å². The first-order valence-electron chi connectivity index (χ1n) is 8.35. The topological polar surface area (TPSA) is 79.7 Å². The SMILES string of the molecule is CC(O/N=C1\c2ncncc2-c2cc(Br)cc(Br)c21)C(=O)NCCN(C)C. The van der Waals surface area contributed by atoms with E-state index >= 15 is 0 Å². The molecule has 1 aromatic carbocycles. The third kappa shape index (κ3) is 4.36. The van der Waals surface area contributed by atoms with Gasteiger partial charge in [-0.2, -0.15) is 0 Å². The molecular weight excluding hydrogens is 478 g/mol. The number of fused-ring (bicyclic) bond motifs is 3. The zero-order valence-corrected chi connectivity index (χ0v) is 18.3. The summed E-state index contributed by atoms with van der Waals surface area (Å²) >= 11 is 7.09. The van der Waals surface area contributed by atoms with Crippen molar-refractivity contribution in [2.75, 3.05) is 27.2 Å². The van der Waals surface area contributed by atoms with Crippen molar-refractivity contribution in [2.45, 2.75) is 13.0 Å². The molecule has 1 heterocycles. The highest BCUT2D eigenvalue weighted by atomic mass is 79.9. The maximum absolute atomic E-state index is 12.2. The predicted molar refractivity (Wildman–Crippen MR) is 111 cm³/mol. The van der Waals surface area contributed by atoms with Crippen molar-refractivity contribution in [2.24, 2.45) is 5.16 Å². The largest absolute Gasteiger partial charge is 0.382 e. The highest BCUT2D eigenvalue weighted by Crippen LogP contribution is 2.41. The van der Waals surface area contributed by atoms with Crippen molar-refractivity contribution in [3.63, 3.8) is 0 Å². The minimum Gasteiger partial charge on any atom is -0.382 e. The van der Waals surface area contributed by atoms with Crippen molar-refractivity contribution in [1.29, 1.82) is 0 Å². The van der Waals surface area contributed by atoms with Crippen LogP contribution in [0.1, 0.15) is 18.2 Å². The number of benzene rings is 1. The number of nitrogens with zero attached hydrogens (tertiary/aromatic N) is 4. The molecule has 1 aromatic heterocycles. The second-order valence-corrected chi connectivity index (χ2v) is 8.15. The van der Waals surface area contributed by atoms with E-state index in [1.54, 1.807) is 13.1 Å². The summed E-state index contributed by atoms with van der Waals surface area (Å²) in [5.74, 6) is -0.211. The lowest BCUT2D eigenvalue weighted by molar-refractivity contribution is -0.131. The van der Waals surface area contributed by atoms with E-state index in [-0.39, 0.29) is 5.91 Å². The number of carbonyl (C=O) groups excluding carboxylic acids is 1. The molecule has 0 bridgehead atoms. The Balaban J connectivity index is 1.83. The summed E-state index contributed by atoms with van der Waals surface area (Å²) in [6.07, 6.45) is 2.50. The van der Waals surface area contributed by atoms with E-state index < -0.39 is 6.10 Å². The van der Waals surface area contributed by atoms with Gasteiger partial charge in [0, 0.05) is 39.4 Å². The molecule has 0 fully saturated rings. The maximum Gasteiger partial charge on any atom is 0.263 e. The molecule has 0 aliphatic heterocycles. The molecule has 0 saturated carbocycles. The molecule has 1 amide bonds. The fourth-order valence-electron chi connectivity index (χ4n) is 2.68. The van der Waals surface area contributed by atoms with Crippen molar-refractivity contribution in [3.8, 4) is 11.1 Å². The number of likely N-dealkylation sites (N-methyl/N-ethyl adjacent to an activating group) is 1. The van der Waals surface area contributed by atoms with Crippen LogP contribution in [0.25, 0.3) is 11.1 Å². The zero-order chi connectivity index (χ0) is 19.6. The molecule has 142 valence electrons. The van der Waals surface area contributed by atoms with E-state index in [1.165, 1.54) is 6.33 Å². The molecule has 2 aromatic rings. The Morgan fingerprint density at radius 3 is 2.85 bits per heavy atom. The summed E-state index contributed by atoms with van der Waals surface area (Å²) in [7, 11) is 3.90. The summed E-state index contributed by atoms with van der Waals surface area (Å²) in [6, 6.07) is 3.92. The van der Waals surface area contributed by atoms with E-state index in [1.807, 2.05) is 31.1 Å². The van der Waals surface area contributed by atoms with Gasteiger partial charge in [-0.05, 0) is 38.7 Å². The number of hydrogen-bond acceptors (Lipinski definition) is 6. The molecular formula is C18H19Br2N5O2. The number of rotatable bonds is 6. The standard InChI is InChI=1S/C18H19Br2N5O2/c1-10(18(26)22-4-5-25(2)3)27-24-17-15-12(6-11(19)7-14(15)20)13-8-21-9-23-16(13)17/h6-10H,4-5H2,1-3H3,(H,22,26)/b24-17-. The van der Waals surface area contributed by atoms with Crippen LogP contribution in [-0.2, 0) is 9.63 Å². The summed E-state index contributed by atoms with van der Waals surface area (Å²) in [4.78, 5) is 28.1. The molecule has 0 spiro atoms. The predicted octanol–water partition coefficient (Wildman–Crippen LogP) is 2.82. The third-order valence-corrected chi connectivity index (χ3v) is 5.13. The number of oxime groups is 1. The summed E-state index contributed by atoms with van der Waals surface area (Å²) < 4.78 is 1.79. The van der Waals surface area contributed by atoms with Gasteiger partial charge < -0.3 is 15.1 Å². The number of aromatic nitrogens is 2. The van der Waals surface area contributed by atoms with E-state index in [4.69, 9.17) is 4.84 Å². The second kappa shape index (κ2) is 8.45. The average Bonchev–Trinajstić information content (AvgIpc) is 2.93. The first kappa shape index (κ1) is 19.9. The Morgan fingerprint density at radius 1 is 1.33 bits per heavy atom. The normalized spacial score (nSPS) is 14.8. The molecule has 0 radical (unpaired) electrons. The Kier molecular flexibility index (Phi) is 6.23. The van der Waals surface area contributed by atoms with Gasteiger partial charge in [-0.25, -0.2) is 9.97 Å². The minimum atomic E-state index is -0.719.